The lowest BCUT2D eigenvalue weighted by Crippen LogP contribution is -2.23. The molecule has 1 unspecified atom stereocenters. The summed E-state index contributed by atoms with van der Waals surface area (Å²) >= 11 is 3.41. The van der Waals surface area contributed by atoms with Crippen LogP contribution in [0.1, 0.15) is 17.3 Å². The van der Waals surface area contributed by atoms with Crippen molar-refractivity contribution in [1.29, 1.82) is 0 Å². The van der Waals surface area contributed by atoms with E-state index in [1.54, 1.807) is 0 Å². The van der Waals surface area contributed by atoms with Gasteiger partial charge in [-0.2, -0.15) is 0 Å². The number of aromatic nitrogens is 1. The van der Waals surface area contributed by atoms with E-state index in [9.17, 15) is 0 Å². The van der Waals surface area contributed by atoms with Crippen LogP contribution in [0.15, 0.2) is 41.0 Å². The first-order valence-electron chi connectivity index (χ1n) is 6.94. The van der Waals surface area contributed by atoms with Gasteiger partial charge >= 0.3 is 0 Å². The van der Waals surface area contributed by atoms with E-state index in [0.29, 0.717) is 13.2 Å². The number of para-hydroxylation sites is 1. The molecule has 1 aliphatic heterocycles. The molecule has 2 aromatic rings. The molecule has 1 aromatic carbocycles. The largest absolute Gasteiger partial charge is 0.486 e. The predicted octanol–water partition coefficient (Wildman–Crippen LogP) is 3.12. The lowest BCUT2D eigenvalue weighted by atomic mass is 10.00. The number of nitrogens with one attached hydrogen (secondary N) is 1. The molecule has 4 nitrogen and oxygen atoms in total. The van der Waals surface area contributed by atoms with Crippen LogP contribution < -0.4 is 14.8 Å². The lowest BCUT2D eigenvalue weighted by molar-refractivity contribution is 0.168. The Kier molecular flexibility index (Phi) is 4.41. The van der Waals surface area contributed by atoms with Crippen molar-refractivity contribution in [3.8, 4) is 11.5 Å². The summed E-state index contributed by atoms with van der Waals surface area (Å²) in [6.45, 7) is 1.20. The summed E-state index contributed by atoms with van der Waals surface area (Å²) in [6.07, 6.45) is 2.62. The summed E-state index contributed by atoms with van der Waals surface area (Å²) in [7, 11) is 1.95. The van der Waals surface area contributed by atoms with Crippen LogP contribution >= 0.6 is 15.9 Å². The number of hydrogen-bond acceptors (Lipinski definition) is 4. The molecule has 0 aliphatic carbocycles. The van der Waals surface area contributed by atoms with Crippen LogP contribution in [0.25, 0.3) is 0 Å². The van der Waals surface area contributed by atoms with Gasteiger partial charge in [-0.1, -0.05) is 12.1 Å². The van der Waals surface area contributed by atoms with Crippen LogP contribution in [0.4, 0.5) is 0 Å². The number of ether oxygens (including phenoxy) is 2. The average molecular weight is 349 g/mol. The fourth-order valence-corrected chi connectivity index (χ4v) is 2.71. The van der Waals surface area contributed by atoms with Gasteiger partial charge in [-0.25, -0.2) is 0 Å². The maximum absolute atomic E-state index is 5.80. The molecular formula is C16H17BrN2O2. The van der Waals surface area contributed by atoms with E-state index in [0.717, 1.165) is 33.6 Å². The van der Waals surface area contributed by atoms with Gasteiger partial charge in [0.05, 0.1) is 0 Å². The first kappa shape index (κ1) is 14.4. The smallest absolute Gasteiger partial charge is 0.166 e. The zero-order chi connectivity index (χ0) is 14.7. The standard InChI is InChI=1S/C16H17BrN2O2/c1-18-14(9-12-6-5-11(17)10-19-12)13-3-2-4-15-16(13)21-8-7-20-15/h2-6,10,14,18H,7-9H2,1H3. The van der Waals surface area contributed by atoms with Crippen LogP contribution in [0.3, 0.4) is 0 Å². The average Bonchev–Trinajstić information content (AvgIpc) is 2.54. The molecule has 1 aliphatic rings. The number of fused-ring (bicyclic) bond motifs is 1. The van der Waals surface area contributed by atoms with Crippen molar-refractivity contribution in [1.82, 2.24) is 10.3 Å². The van der Waals surface area contributed by atoms with E-state index in [2.05, 4.69) is 32.3 Å². The first-order chi connectivity index (χ1) is 10.3. The van der Waals surface area contributed by atoms with Gasteiger partial charge in [0.25, 0.3) is 0 Å². The quantitative estimate of drug-likeness (QED) is 0.921. The van der Waals surface area contributed by atoms with Crippen LogP contribution in [-0.4, -0.2) is 25.2 Å². The summed E-state index contributed by atoms with van der Waals surface area (Å²) in [4.78, 5) is 4.44. The predicted molar refractivity (Wildman–Crippen MR) is 84.9 cm³/mol. The van der Waals surface area contributed by atoms with Gasteiger partial charge in [-0.15, -0.1) is 0 Å². The fraction of sp³-hybridized carbons (Fsp3) is 0.312. The highest BCUT2D eigenvalue weighted by Crippen LogP contribution is 2.37. The van der Waals surface area contributed by atoms with Crippen molar-refractivity contribution in [2.24, 2.45) is 0 Å². The molecule has 0 radical (unpaired) electrons. The second-order valence-electron chi connectivity index (χ2n) is 4.88. The van der Waals surface area contributed by atoms with E-state index in [1.807, 2.05) is 37.5 Å². The number of likely N-dealkylation sites (N-methyl/N-ethyl adjacent to an activating group) is 1. The first-order valence-corrected chi connectivity index (χ1v) is 7.73. The third-order valence-electron chi connectivity index (χ3n) is 3.52. The number of halogens is 1. The number of rotatable bonds is 4. The van der Waals surface area contributed by atoms with Gasteiger partial charge < -0.3 is 14.8 Å². The molecule has 0 bridgehead atoms. The highest BCUT2D eigenvalue weighted by Gasteiger charge is 2.21. The third kappa shape index (κ3) is 3.19. The van der Waals surface area contributed by atoms with Gasteiger partial charge in [0.2, 0.25) is 0 Å². The Labute approximate surface area is 132 Å². The van der Waals surface area contributed by atoms with Crippen molar-refractivity contribution < 1.29 is 9.47 Å². The van der Waals surface area contributed by atoms with Gasteiger partial charge in [0, 0.05) is 34.4 Å². The van der Waals surface area contributed by atoms with Gasteiger partial charge in [-0.3, -0.25) is 4.98 Å². The topological polar surface area (TPSA) is 43.4 Å². The van der Waals surface area contributed by atoms with E-state index in [4.69, 9.17) is 9.47 Å². The Balaban J connectivity index is 1.88. The summed E-state index contributed by atoms with van der Waals surface area (Å²) in [5.41, 5.74) is 2.14. The van der Waals surface area contributed by atoms with Crippen LogP contribution in [0.5, 0.6) is 11.5 Å². The maximum atomic E-state index is 5.80. The van der Waals surface area contributed by atoms with Crippen LogP contribution in [-0.2, 0) is 6.42 Å². The van der Waals surface area contributed by atoms with Crippen LogP contribution in [0, 0.1) is 0 Å². The maximum Gasteiger partial charge on any atom is 0.166 e. The summed E-state index contributed by atoms with van der Waals surface area (Å²) in [5, 5.41) is 3.34. The number of pyridine rings is 1. The summed E-state index contributed by atoms with van der Waals surface area (Å²) in [6, 6.07) is 10.2. The van der Waals surface area contributed by atoms with Crippen molar-refractivity contribution in [2.45, 2.75) is 12.5 Å². The molecule has 2 heterocycles. The Morgan fingerprint density at radius 3 is 2.86 bits per heavy atom. The van der Waals surface area contributed by atoms with Gasteiger partial charge in [-0.05, 0) is 41.2 Å². The van der Waals surface area contributed by atoms with Crippen LogP contribution in [0.2, 0.25) is 0 Å². The molecule has 0 saturated carbocycles. The Morgan fingerprint density at radius 2 is 2.10 bits per heavy atom. The Bertz CT molecular complexity index is 616. The molecular weight excluding hydrogens is 332 g/mol. The molecule has 0 spiro atoms. The zero-order valence-corrected chi connectivity index (χ0v) is 13.4. The molecule has 5 heteroatoms. The van der Waals surface area contributed by atoms with Gasteiger partial charge in [0.15, 0.2) is 11.5 Å². The van der Waals surface area contributed by atoms with E-state index < -0.39 is 0 Å². The van der Waals surface area contributed by atoms with E-state index in [1.165, 1.54) is 0 Å². The highest BCUT2D eigenvalue weighted by molar-refractivity contribution is 9.10. The molecule has 0 fully saturated rings. The molecule has 110 valence electrons. The molecule has 3 rings (SSSR count). The van der Waals surface area contributed by atoms with Crippen molar-refractivity contribution >= 4 is 15.9 Å². The van der Waals surface area contributed by atoms with Crippen molar-refractivity contribution in [3.63, 3.8) is 0 Å². The monoisotopic (exact) mass is 348 g/mol. The lowest BCUT2D eigenvalue weighted by Gasteiger charge is -2.25. The number of nitrogens with zero attached hydrogens (tertiary/aromatic N) is 1. The van der Waals surface area contributed by atoms with Gasteiger partial charge in [0.1, 0.15) is 13.2 Å². The normalized spacial score (nSPS) is 14.8. The molecule has 1 N–H and O–H groups in total. The highest BCUT2D eigenvalue weighted by atomic mass is 79.9. The second kappa shape index (κ2) is 6.45. The minimum atomic E-state index is 0.135. The Hall–Kier alpha value is -1.59. The molecule has 1 atom stereocenters. The Morgan fingerprint density at radius 1 is 1.24 bits per heavy atom. The van der Waals surface area contributed by atoms with E-state index in [-0.39, 0.29) is 6.04 Å². The zero-order valence-electron chi connectivity index (χ0n) is 11.8. The SMILES string of the molecule is CNC(Cc1ccc(Br)cn1)c1cccc2c1OCCO2. The van der Waals surface area contributed by atoms with Crippen molar-refractivity contribution in [3.05, 3.63) is 52.3 Å². The molecule has 1 aromatic heterocycles. The number of hydrogen-bond donors (Lipinski definition) is 1. The summed E-state index contributed by atoms with van der Waals surface area (Å²) in [5.74, 6) is 1.67. The minimum Gasteiger partial charge on any atom is -0.486 e. The second-order valence-corrected chi connectivity index (χ2v) is 5.80. The molecule has 0 amide bonds. The number of benzene rings is 1. The summed E-state index contributed by atoms with van der Waals surface area (Å²) < 4.78 is 12.4. The fourth-order valence-electron chi connectivity index (χ4n) is 2.47. The van der Waals surface area contributed by atoms with E-state index >= 15 is 0 Å². The third-order valence-corrected chi connectivity index (χ3v) is 3.99. The minimum absolute atomic E-state index is 0.135. The molecule has 0 saturated heterocycles. The molecule has 21 heavy (non-hydrogen) atoms. The van der Waals surface area contributed by atoms with Crippen molar-refractivity contribution in [2.75, 3.05) is 20.3 Å².